The Morgan fingerprint density at radius 2 is 2.11 bits per heavy atom. The van der Waals surface area contributed by atoms with Crippen LogP contribution in [-0.2, 0) is 14.4 Å². The van der Waals surface area contributed by atoms with Crippen molar-refractivity contribution in [2.45, 2.75) is 18.0 Å². The molecule has 1 saturated heterocycles. The summed E-state index contributed by atoms with van der Waals surface area (Å²) in [5.41, 5.74) is -0.328. The van der Waals surface area contributed by atoms with Crippen LogP contribution in [0.4, 0.5) is 13.2 Å². The Morgan fingerprint density at radius 3 is 2.58 bits per heavy atom. The number of halogens is 3. The summed E-state index contributed by atoms with van der Waals surface area (Å²) in [6, 6.07) is 0. The Balaban J connectivity index is 2.10. The van der Waals surface area contributed by atoms with E-state index >= 15 is 0 Å². The Bertz CT molecular complexity index is 502. The lowest BCUT2D eigenvalue weighted by atomic mass is 10.2. The highest BCUT2D eigenvalue weighted by molar-refractivity contribution is 8.23. The smallest absolute Gasteiger partial charge is 0.450 e. The predicted octanol–water partition coefficient (Wildman–Crippen LogP) is 1.41. The number of thioether (sulfide) groups is 2. The van der Waals surface area contributed by atoms with Crippen molar-refractivity contribution < 1.29 is 32.7 Å². The van der Waals surface area contributed by atoms with Gasteiger partial charge in [-0.3, -0.25) is 14.5 Å². The quantitative estimate of drug-likeness (QED) is 0.791. The molecule has 2 rings (SSSR count). The van der Waals surface area contributed by atoms with Gasteiger partial charge in [-0.1, -0.05) is 11.8 Å². The molecule has 0 aromatic rings. The van der Waals surface area contributed by atoms with E-state index in [0.717, 1.165) is 16.7 Å². The second-order valence-corrected chi connectivity index (χ2v) is 6.12. The summed E-state index contributed by atoms with van der Waals surface area (Å²) < 4.78 is 36.2. The van der Waals surface area contributed by atoms with Gasteiger partial charge in [0, 0.05) is 0 Å². The van der Waals surface area contributed by atoms with E-state index in [9.17, 15) is 27.6 Å². The first-order chi connectivity index (χ1) is 8.71. The van der Waals surface area contributed by atoms with Crippen molar-refractivity contribution >= 4 is 41.2 Å². The van der Waals surface area contributed by atoms with E-state index in [-0.39, 0.29) is 27.6 Å². The second kappa shape index (κ2) is 4.75. The summed E-state index contributed by atoms with van der Waals surface area (Å²) in [5, 5.41) is 8.59. The van der Waals surface area contributed by atoms with Gasteiger partial charge in [-0.25, -0.2) is 4.79 Å². The molecule has 0 spiro atoms. The monoisotopic (exact) mass is 313 g/mol. The molecule has 1 amide bonds. The third-order valence-corrected chi connectivity index (χ3v) is 5.00. The van der Waals surface area contributed by atoms with Crippen molar-refractivity contribution in [1.82, 2.24) is 4.90 Å². The second-order valence-electron chi connectivity index (χ2n) is 3.69. The van der Waals surface area contributed by atoms with E-state index in [1.54, 1.807) is 0 Å². The van der Waals surface area contributed by atoms with E-state index in [0.29, 0.717) is 11.8 Å². The Labute approximate surface area is 113 Å². The number of carbonyl (C=O) groups is 3. The predicted molar refractivity (Wildman–Crippen MR) is 61.0 cm³/mol. The maximum Gasteiger partial charge on any atom is 0.450 e. The molecule has 0 aliphatic carbocycles. The largest absolute Gasteiger partial charge is 0.477 e. The summed E-state index contributed by atoms with van der Waals surface area (Å²) >= 11 is 1.50. The number of alkyl halides is 3. The lowest BCUT2D eigenvalue weighted by Gasteiger charge is -2.33. The molecular weight excluding hydrogens is 307 g/mol. The molecule has 2 aliphatic rings. The molecule has 5 nitrogen and oxygen atoms in total. The molecule has 10 heteroatoms. The van der Waals surface area contributed by atoms with Crippen molar-refractivity contribution in [3.05, 3.63) is 9.93 Å². The molecule has 0 aromatic carbocycles. The molecule has 0 bridgehead atoms. The fourth-order valence-corrected chi connectivity index (χ4v) is 4.16. The van der Waals surface area contributed by atoms with Gasteiger partial charge in [-0.2, -0.15) is 13.2 Å². The molecule has 0 aromatic heterocycles. The van der Waals surface area contributed by atoms with Crippen molar-refractivity contribution in [1.29, 1.82) is 0 Å². The van der Waals surface area contributed by atoms with Gasteiger partial charge < -0.3 is 5.11 Å². The fraction of sp³-hybridized carbons (Fsp3) is 0.444. The average molecular weight is 313 g/mol. The van der Waals surface area contributed by atoms with Gasteiger partial charge in [0.2, 0.25) is 11.7 Å². The number of hydrogen-bond acceptors (Lipinski definition) is 5. The number of carbonyl (C=O) groups excluding carboxylic acids is 2. The maximum atomic E-state index is 12.0. The van der Waals surface area contributed by atoms with Gasteiger partial charge in [0.1, 0.15) is 0 Å². The van der Waals surface area contributed by atoms with Crippen LogP contribution in [0.15, 0.2) is 9.93 Å². The van der Waals surface area contributed by atoms with Gasteiger partial charge in [0.25, 0.3) is 0 Å². The average Bonchev–Trinajstić information content (AvgIpc) is 2.57. The lowest BCUT2D eigenvalue weighted by molar-refractivity contribution is -0.167. The molecule has 1 N–H and O–H groups in total. The van der Waals surface area contributed by atoms with Crippen LogP contribution >= 0.6 is 23.5 Å². The standard InChI is InChI=1S/C9H6F3NO4S2/c10-9(11,12)3(14)2-18-8-6(7(16)17)13-4(15)1-5(13)19-8/h5H,1-2H2,(H,16,17)/t5-/m1/s1. The highest BCUT2D eigenvalue weighted by Crippen LogP contribution is 2.50. The van der Waals surface area contributed by atoms with Crippen LogP contribution in [0.1, 0.15) is 6.42 Å². The summed E-state index contributed by atoms with van der Waals surface area (Å²) in [6.07, 6.45) is -4.78. The maximum absolute atomic E-state index is 12.0. The normalized spacial score (nSPS) is 22.4. The minimum absolute atomic E-state index is 0.0703. The molecule has 1 atom stereocenters. The summed E-state index contributed by atoms with van der Waals surface area (Å²) in [5.74, 6) is -4.59. The minimum atomic E-state index is -4.94. The van der Waals surface area contributed by atoms with Crippen molar-refractivity contribution in [3.8, 4) is 0 Å². The lowest BCUT2D eigenvalue weighted by Crippen LogP contribution is -2.48. The van der Waals surface area contributed by atoms with Crippen molar-refractivity contribution in [2.24, 2.45) is 0 Å². The Morgan fingerprint density at radius 1 is 1.47 bits per heavy atom. The first-order valence-corrected chi connectivity index (χ1v) is 6.77. The molecular formula is C9H6F3NO4S2. The summed E-state index contributed by atoms with van der Waals surface area (Å²) in [7, 11) is 0. The van der Waals surface area contributed by atoms with Gasteiger partial charge in [-0.05, 0) is 0 Å². The number of β-lactam (4-membered cyclic amide) rings is 1. The van der Waals surface area contributed by atoms with Gasteiger partial charge >= 0.3 is 12.1 Å². The third kappa shape index (κ3) is 2.59. The van der Waals surface area contributed by atoms with E-state index in [1.165, 1.54) is 0 Å². The SMILES string of the molecule is O=C(O)C1=C(SCC(=O)C(F)(F)F)S[C@@H]2CC(=O)N12. The van der Waals surface area contributed by atoms with Crippen LogP contribution in [0, 0.1) is 0 Å². The zero-order valence-corrected chi connectivity index (χ0v) is 10.7. The highest BCUT2D eigenvalue weighted by atomic mass is 32.2. The number of Topliss-reactive ketones (excluding diaryl/α,β-unsaturated/α-hetero) is 1. The molecule has 2 aliphatic heterocycles. The number of nitrogens with zero attached hydrogens (tertiary/aromatic N) is 1. The van der Waals surface area contributed by atoms with Gasteiger partial charge in [0.15, 0.2) is 5.70 Å². The Hall–Kier alpha value is -1.16. The molecule has 0 saturated carbocycles. The van der Waals surface area contributed by atoms with Crippen LogP contribution < -0.4 is 0 Å². The zero-order valence-electron chi connectivity index (χ0n) is 9.06. The first-order valence-electron chi connectivity index (χ1n) is 4.91. The molecule has 0 radical (unpaired) electrons. The number of carboxylic acids is 1. The molecule has 1 fully saturated rings. The van der Waals surface area contributed by atoms with Crippen LogP contribution in [0.3, 0.4) is 0 Å². The number of amides is 1. The van der Waals surface area contributed by atoms with Crippen LogP contribution in [-0.4, -0.2) is 45.0 Å². The van der Waals surface area contributed by atoms with Gasteiger partial charge in [-0.15, -0.1) is 11.8 Å². The van der Waals surface area contributed by atoms with Crippen molar-refractivity contribution in [3.63, 3.8) is 0 Å². The van der Waals surface area contributed by atoms with E-state index < -0.39 is 23.7 Å². The zero-order chi connectivity index (χ0) is 14.4. The summed E-state index contributed by atoms with van der Waals surface area (Å²) in [6.45, 7) is 0. The topological polar surface area (TPSA) is 74.7 Å². The number of rotatable bonds is 4. The molecule has 104 valence electrons. The minimum Gasteiger partial charge on any atom is -0.477 e. The summed E-state index contributed by atoms with van der Waals surface area (Å²) in [4.78, 5) is 34.0. The van der Waals surface area contributed by atoms with E-state index in [4.69, 9.17) is 5.11 Å². The number of fused-ring (bicyclic) bond motifs is 1. The highest BCUT2D eigenvalue weighted by Gasteiger charge is 2.49. The Kier molecular flexibility index (Phi) is 3.56. The number of hydrogen-bond donors (Lipinski definition) is 1. The van der Waals surface area contributed by atoms with Crippen LogP contribution in [0.25, 0.3) is 0 Å². The molecule has 2 heterocycles. The number of carboxylic acid groups (broad SMARTS) is 1. The fourth-order valence-electron chi connectivity index (χ4n) is 1.53. The number of aliphatic carboxylic acids is 1. The van der Waals surface area contributed by atoms with Gasteiger partial charge in [0.05, 0.1) is 21.8 Å². The van der Waals surface area contributed by atoms with Crippen LogP contribution in [0.5, 0.6) is 0 Å². The number of ketones is 1. The van der Waals surface area contributed by atoms with Crippen LogP contribution in [0.2, 0.25) is 0 Å². The van der Waals surface area contributed by atoms with Crippen molar-refractivity contribution in [2.75, 3.05) is 5.75 Å². The third-order valence-electron chi connectivity index (χ3n) is 2.44. The van der Waals surface area contributed by atoms with E-state index in [1.807, 2.05) is 0 Å². The first kappa shape index (κ1) is 14.3. The molecule has 19 heavy (non-hydrogen) atoms. The molecule has 0 unspecified atom stereocenters. The van der Waals surface area contributed by atoms with E-state index in [2.05, 4.69) is 0 Å².